The normalized spacial score (nSPS) is 13.1. The number of hydrogen-bond donors (Lipinski definition) is 0. The van der Waals surface area contributed by atoms with Gasteiger partial charge in [-0.1, -0.05) is 98.3 Å². The van der Waals surface area contributed by atoms with Gasteiger partial charge in [-0.3, -0.25) is 0 Å². The number of alkyl halides is 9. The van der Waals surface area contributed by atoms with E-state index in [1.54, 1.807) is 0 Å². The van der Waals surface area contributed by atoms with Gasteiger partial charge in [-0.15, -0.1) is 0 Å². The van der Waals surface area contributed by atoms with Gasteiger partial charge in [0.25, 0.3) is 0 Å². The largest absolute Gasteiger partial charge is 0.493 e. The van der Waals surface area contributed by atoms with Crippen LogP contribution in [-0.2, 0) is 13.7 Å². The Bertz CT molecular complexity index is 1890. The van der Waals surface area contributed by atoms with Crippen molar-refractivity contribution in [3.05, 3.63) is 54.6 Å². The predicted octanol–water partition coefficient (Wildman–Crippen LogP) is 14.7. The molecule has 0 N–H and O–H groups in total. The Balaban J connectivity index is 2.86. The van der Waals surface area contributed by atoms with Crippen molar-refractivity contribution in [2.75, 3.05) is 39.6 Å². The second-order valence-corrected chi connectivity index (χ2v) is 19.6. The molecule has 66 heavy (non-hydrogen) atoms. The molecular weight excluding hydrogens is 932 g/mol. The molecule has 20 heteroatoms. The van der Waals surface area contributed by atoms with E-state index in [1.807, 2.05) is 41.5 Å². The summed E-state index contributed by atoms with van der Waals surface area (Å²) in [6.45, 7) is 10.9. The third-order valence-corrected chi connectivity index (χ3v) is 15.1. The summed E-state index contributed by atoms with van der Waals surface area (Å²) in [6, 6.07) is 11.6. The fourth-order valence-corrected chi connectivity index (χ4v) is 11.5. The van der Waals surface area contributed by atoms with E-state index in [1.165, 1.54) is 54.6 Å². The van der Waals surface area contributed by atoms with Crippen LogP contribution in [0.3, 0.4) is 0 Å². The van der Waals surface area contributed by atoms with Gasteiger partial charge in [0.05, 0.1) is 39.6 Å². The van der Waals surface area contributed by atoms with Crippen molar-refractivity contribution in [1.82, 2.24) is 0 Å². The molecule has 0 heterocycles. The van der Waals surface area contributed by atoms with Crippen LogP contribution in [0.1, 0.15) is 119 Å². The van der Waals surface area contributed by atoms with Crippen LogP contribution >= 0.6 is 10.3 Å². The van der Waals surface area contributed by atoms with Crippen molar-refractivity contribution in [3.63, 3.8) is 0 Å². The molecule has 0 aliphatic heterocycles. The van der Waals surface area contributed by atoms with Crippen molar-refractivity contribution in [2.45, 2.75) is 157 Å². The molecule has 0 saturated heterocycles. The predicted molar refractivity (Wildman–Crippen MR) is 235 cm³/mol. The highest BCUT2D eigenvalue weighted by molar-refractivity contribution is 8.33. The maximum atomic E-state index is 16.4. The summed E-state index contributed by atoms with van der Waals surface area (Å²) >= 11 is 0. The van der Waals surface area contributed by atoms with E-state index < -0.39 is 53.5 Å². The summed E-state index contributed by atoms with van der Waals surface area (Å²) in [5.41, 5.74) is 0. The van der Waals surface area contributed by atoms with Crippen molar-refractivity contribution in [2.24, 2.45) is 0 Å². The summed E-state index contributed by atoms with van der Waals surface area (Å²) in [4.78, 5) is -1.42. The molecule has 0 saturated carbocycles. The lowest BCUT2D eigenvalue weighted by molar-refractivity contribution is -0.382. The fraction of sp³-hybridized carbons (Fsp3) is 0.609. The van der Waals surface area contributed by atoms with Gasteiger partial charge in [0.2, 0.25) is 0 Å². The number of hydrogen-bond acceptors (Lipinski definition) is 9. The van der Waals surface area contributed by atoms with Gasteiger partial charge in [0.1, 0.15) is 44.3 Å². The van der Waals surface area contributed by atoms with Crippen molar-refractivity contribution in [3.8, 4) is 34.5 Å². The average Bonchev–Trinajstić information content (AvgIpc) is 3.26. The number of halogens is 9. The van der Waals surface area contributed by atoms with Crippen molar-refractivity contribution < 1.29 is 80.0 Å². The number of ether oxygens (including phenoxy) is 6. The van der Waals surface area contributed by atoms with E-state index >= 15 is 17.6 Å². The van der Waals surface area contributed by atoms with E-state index in [2.05, 4.69) is 0 Å². The summed E-state index contributed by atoms with van der Waals surface area (Å²) in [6.07, 6.45) is -1.20. The minimum absolute atomic E-state index is 0.0783. The minimum Gasteiger partial charge on any atom is -0.493 e. The summed E-state index contributed by atoms with van der Waals surface area (Å²) in [5.74, 6) is -16.4. The first kappa shape index (κ1) is 56.4. The van der Waals surface area contributed by atoms with Gasteiger partial charge in [0.15, 0.2) is 0 Å². The highest BCUT2D eigenvalue weighted by Crippen LogP contribution is 2.79. The molecule has 0 unspecified atom stereocenters. The topological polar surface area (TPSA) is 98.8 Å². The molecule has 3 aromatic rings. The van der Waals surface area contributed by atoms with Crippen molar-refractivity contribution in [1.29, 1.82) is 0 Å². The lowest BCUT2D eigenvalue weighted by Crippen LogP contribution is -2.63. The molecular formula is C46H63F9O9S2. The van der Waals surface area contributed by atoms with Crippen LogP contribution in [0, 0.1) is 0 Å². The van der Waals surface area contributed by atoms with Crippen LogP contribution in [0.5, 0.6) is 34.5 Å². The van der Waals surface area contributed by atoms with Gasteiger partial charge in [0, 0.05) is 29.2 Å². The smallest absolute Gasteiger partial charge is 0.460 e. The molecule has 376 valence electrons. The summed E-state index contributed by atoms with van der Waals surface area (Å²) < 4.78 is 206. The second kappa shape index (κ2) is 25.5. The van der Waals surface area contributed by atoms with Crippen LogP contribution < -0.4 is 28.4 Å². The molecule has 0 fully saturated rings. The molecule has 0 aliphatic rings. The zero-order valence-electron chi connectivity index (χ0n) is 38.3. The Labute approximate surface area is 384 Å². The number of unbranched alkanes of at least 4 members (excludes halogenated alkanes) is 6. The van der Waals surface area contributed by atoms with E-state index in [0.717, 1.165) is 0 Å². The molecule has 0 bridgehead atoms. The van der Waals surface area contributed by atoms with Gasteiger partial charge < -0.3 is 28.4 Å². The third kappa shape index (κ3) is 13.2. The van der Waals surface area contributed by atoms with E-state index in [0.29, 0.717) is 77.0 Å². The van der Waals surface area contributed by atoms with E-state index in [9.17, 15) is 30.4 Å². The van der Waals surface area contributed by atoms with Crippen LogP contribution in [0.4, 0.5) is 39.5 Å². The van der Waals surface area contributed by atoms with Gasteiger partial charge in [-0.2, -0.15) is 47.9 Å². The summed E-state index contributed by atoms with van der Waals surface area (Å²) in [5, 5.41) is -7.28. The Hall–Kier alpha value is -3.91. The average molecular weight is 995 g/mol. The Morgan fingerprint density at radius 2 is 0.742 bits per heavy atom. The number of benzene rings is 3. The Kier molecular flexibility index (Phi) is 21.8. The third-order valence-electron chi connectivity index (χ3n) is 9.82. The van der Waals surface area contributed by atoms with Crippen molar-refractivity contribution >= 4 is 20.4 Å². The van der Waals surface area contributed by atoms with Gasteiger partial charge >= 0.3 is 33.4 Å². The highest BCUT2D eigenvalue weighted by atomic mass is 32.3. The number of rotatable bonds is 32. The first-order chi connectivity index (χ1) is 31.2. The minimum atomic E-state index is -7.70. The zero-order chi connectivity index (χ0) is 49.2. The second-order valence-electron chi connectivity index (χ2n) is 15.3. The standard InChI is InChI=1S/C46H63F9O9S2/c1-7-13-24-58-34-30-37(60-26-15-9-3)41(38(31-34)61-27-16-10-4)65(36-22-20-19-21-23-36,64-66(56,57)46(54,55)44(49,50)43(47,48)45(51,52)53)42-39(62-28-17-11-5)32-35(59-25-14-8-2)33-40(42)63-29-18-12-6/h19-23,30-33H,7-18,24-29H2,1-6H3. The molecule has 0 atom stereocenters. The lowest BCUT2D eigenvalue weighted by atomic mass is 10.1. The molecule has 3 rings (SSSR count). The molecule has 0 spiro atoms. The van der Waals surface area contributed by atoms with Crippen LogP contribution in [-0.4, -0.2) is 71.3 Å². The zero-order valence-corrected chi connectivity index (χ0v) is 39.9. The Morgan fingerprint density at radius 3 is 1.03 bits per heavy atom. The molecule has 0 aromatic heterocycles. The summed E-state index contributed by atoms with van der Waals surface area (Å²) in [7, 11) is -12.6. The van der Waals surface area contributed by atoms with E-state index in [4.69, 9.17) is 32.1 Å². The van der Waals surface area contributed by atoms with E-state index in [-0.39, 0.29) is 79.0 Å². The van der Waals surface area contributed by atoms with Crippen LogP contribution in [0.25, 0.3) is 0 Å². The maximum Gasteiger partial charge on any atom is 0.460 e. The maximum absolute atomic E-state index is 16.4. The van der Waals surface area contributed by atoms with Gasteiger partial charge in [-0.05, 0) is 61.0 Å². The molecule has 0 aliphatic carbocycles. The fourth-order valence-electron chi connectivity index (χ4n) is 5.99. The SMILES string of the molecule is CCCCOc1cc(OCCCC)c(S(OS(=O)(=O)C(F)(F)C(F)(F)C(F)(F)C(F)(F)F)(c2ccccc2)c2c(OCCCC)cc(OCCCC)cc2OCCCC)c(OCCCC)c1. The molecule has 0 radical (unpaired) electrons. The van der Waals surface area contributed by atoms with Crippen LogP contribution in [0.2, 0.25) is 0 Å². The highest BCUT2D eigenvalue weighted by Gasteiger charge is 2.86. The first-order valence-corrected chi connectivity index (χ1v) is 25.3. The van der Waals surface area contributed by atoms with Crippen LogP contribution in [0.15, 0.2) is 69.3 Å². The lowest BCUT2D eigenvalue weighted by Gasteiger charge is -2.43. The molecule has 0 amide bonds. The first-order valence-electron chi connectivity index (χ1n) is 22.4. The quantitative estimate of drug-likeness (QED) is 0.0447. The Morgan fingerprint density at radius 1 is 0.439 bits per heavy atom. The molecule has 9 nitrogen and oxygen atoms in total. The monoisotopic (exact) mass is 994 g/mol. The van der Waals surface area contributed by atoms with Gasteiger partial charge in [-0.25, -0.2) is 3.63 Å². The molecule has 3 aromatic carbocycles.